The van der Waals surface area contributed by atoms with E-state index in [1.165, 1.54) is 0 Å². The summed E-state index contributed by atoms with van der Waals surface area (Å²) in [6, 6.07) is 12.2. The molecule has 22 heavy (non-hydrogen) atoms. The molecule has 0 amide bonds. The van der Waals surface area contributed by atoms with Crippen molar-refractivity contribution < 1.29 is 9.84 Å². The van der Waals surface area contributed by atoms with Crippen LogP contribution in [0.15, 0.2) is 36.4 Å². The minimum absolute atomic E-state index is 0.145. The molecule has 118 valence electrons. The molecular formula is C19H25NO2. The van der Waals surface area contributed by atoms with E-state index in [0.717, 1.165) is 35.9 Å². The molecule has 1 aromatic heterocycles. The van der Waals surface area contributed by atoms with Crippen LogP contribution in [0, 0.1) is 11.3 Å². The number of benzene rings is 1. The summed E-state index contributed by atoms with van der Waals surface area (Å²) in [5.41, 5.74) is 2.28. The van der Waals surface area contributed by atoms with Gasteiger partial charge in [0.05, 0.1) is 23.9 Å². The minimum atomic E-state index is 0.145. The zero-order valence-corrected chi connectivity index (χ0v) is 13.5. The quantitative estimate of drug-likeness (QED) is 0.930. The van der Waals surface area contributed by atoms with Gasteiger partial charge >= 0.3 is 0 Å². The van der Waals surface area contributed by atoms with Crippen molar-refractivity contribution in [3.8, 4) is 0 Å². The van der Waals surface area contributed by atoms with Gasteiger partial charge in [-0.15, -0.1) is 0 Å². The number of nitrogens with zero attached hydrogens (tertiary/aromatic N) is 1. The molecule has 1 N–H and O–H groups in total. The topological polar surface area (TPSA) is 42.4 Å². The van der Waals surface area contributed by atoms with Crippen molar-refractivity contribution in [1.29, 1.82) is 0 Å². The highest BCUT2D eigenvalue weighted by Crippen LogP contribution is 2.39. The Balaban J connectivity index is 1.65. The van der Waals surface area contributed by atoms with E-state index in [4.69, 9.17) is 4.74 Å². The summed E-state index contributed by atoms with van der Waals surface area (Å²) in [5, 5.41) is 10.8. The lowest BCUT2D eigenvalue weighted by atomic mass is 9.71. The summed E-state index contributed by atoms with van der Waals surface area (Å²) < 4.78 is 6.09. The highest BCUT2D eigenvalue weighted by molar-refractivity contribution is 5.78. The smallest absolute Gasteiger partial charge is 0.0892 e. The van der Waals surface area contributed by atoms with Crippen molar-refractivity contribution in [1.82, 2.24) is 4.98 Å². The van der Waals surface area contributed by atoms with Crippen LogP contribution in [0.5, 0.6) is 0 Å². The van der Waals surface area contributed by atoms with Crippen molar-refractivity contribution in [2.45, 2.75) is 45.8 Å². The van der Waals surface area contributed by atoms with E-state index < -0.39 is 0 Å². The summed E-state index contributed by atoms with van der Waals surface area (Å²) >= 11 is 0. The van der Waals surface area contributed by atoms with Gasteiger partial charge in [0.2, 0.25) is 0 Å². The largest absolute Gasteiger partial charge is 0.396 e. The molecule has 0 saturated heterocycles. The van der Waals surface area contributed by atoms with E-state index in [0.29, 0.717) is 12.0 Å². The van der Waals surface area contributed by atoms with Gasteiger partial charge in [0.15, 0.2) is 0 Å². The Bertz CT molecular complexity index is 638. The maximum atomic E-state index is 9.64. The molecule has 0 unspecified atom stereocenters. The molecule has 2 atom stereocenters. The van der Waals surface area contributed by atoms with Crippen LogP contribution >= 0.6 is 0 Å². The second kappa shape index (κ2) is 6.35. The number of aliphatic hydroxyl groups excluding tert-OH is 1. The normalized spacial score (nSPS) is 24.5. The van der Waals surface area contributed by atoms with Gasteiger partial charge in [-0.25, -0.2) is 0 Å². The number of aliphatic hydroxyl groups is 1. The zero-order valence-electron chi connectivity index (χ0n) is 13.5. The molecule has 1 aliphatic rings. The van der Waals surface area contributed by atoms with Crippen LogP contribution in [0.2, 0.25) is 0 Å². The first-order chi connectivity index (χ1) is 10.6. The third-order valence-electron chi connectivity index (χ3n) is 4.78. The predicted octanol–water partition coefficient (Wildman–Crippen LogP) is 3.94. The first-order valence-corrected chi connectivity index (χ1v) is 8.14. The molecule has 3 heteroatoms. The molecule has 2 aromatic rings. The molecular weight excluding hydrogens is 274 g/mol. The van der Waals surface area contributed by atoms with Crippen LogP contribution in [-0.4, -0.2) is 22.8 Å². The van der Waals surface area contributed by atoms with Crippen LogP contribution in [0.4, 0.5) is 0 Å². The monoisotopic (exact) mass is 299 g/mol. The number of ether oxygens (including phenoxy) is 1. The molecule has 1 fully saturated rings. The molecule has 0 radical (unpaired) electrons. The number of para-hydroxylation sites is 1. The average Bonchev–Trinajstić information content (AvgIpc) is 2.53. The summed E-state index contributed by atoms with van der Waals surface area (Å²) in [5.74, 6) is 0.240. The fourth-order valence-corrected chi connectivity index (χ4v) is 3.49. The first kappa shape index (κ1) is 15.4. The Hall–Kier alpha value is -1.45. The van der Waals surface area contributed by atoms with Gasteiger partial charge in [-0.2, -0.15) is 0 Å². The van der Waals surface area contributed by atoms with E-state index in [-0.39, 0.29) is 18.6 Å². The second-order valence-electron chi connectivity index (χ2n) is 7.19. The SMILES string of the molecule is CC1(C)CC[C@H](OCc2ccc3ccccc3n2)[C@H](CO)C1. The predicted molar refractivity (Wildman–Crippen MR) is 88.5 cm³/mol. The summed E-state index contributed by atoms with van der Waals surface area (Å²) in [6.07, 6.45) is 3.34. The Morgan fingerprint density at radius 3 is 2.86 bits per heavy atom. The van der Waals surface area contributed by atoms with Gasteiger partial charge in [-0.1, -0.05) is 38.1 Å². The number of pyridine rings is 1. The van der Waals surface area contributed by atoms with E-state index in [1.807, 2.05) is 24.3 Å². The number of hydrogen-bond donors (Lipinski definition) is 1. The van der Waals surface area contributed by atoms with Gasteiger partial charge < -0.3 is 9.84 Å². The fourth-order valence-electron chi connectivity index (χ4n) is 3.49. The molecule has 0 spiro atoms. The summed E-state index contributed by atoms with van der Waals surface area (Å²) in [7, 11) is 0. The van der Waals surface area contributed by atoms with Gasteiger partial charge in [0.25, 0.3) is 0 Å². The van der Waals surface area contributed by atoms with Gasteiger partial charge in [0, 0.05) is 17.9 Å². The van der Waals surface area contributed by atoms with Gasteiger partial charge in [-0.05, 0) is 36.8 Å². The van der Waals surface area contributed by atoms with Crippen LogP contribution < -0.4 is 0 Å². The van der Waals surface area contributed by atoms with Crippen molar-refractivity contribution in [2.24, 2.45) is 11.3 Å². The molecule has 1 aromatic carbocycles. The molecule has 0 bridgehead atoms. The van der Waals surface area contributed by atoms with Crippen molar-refractivity contribution >= 4 is 10.9 Å². The van der Waals surface area contributed by atoms with Crippen molar-refractivity contribution in [3.05, 3.63) is 42.1 Å². The maximum Gasteiger partial charge on any atom is 0.0892 e. The Morgan fingerprint density at radius 1 is 1.23 bits per heavy atom. The molecule has 0 aliphatic heterocycles. The molecule has 1 heterocycles. The van der Waals surface area contributed by atoms with Crippen LogP contribution in [0.3, 0.4) is 0 Å². The lowest BCUT2D eigenvalue weighted by Crippen LogP contribution is -2.37. The third kappa shape index (κ3) is 3.47. The van der Waals surface area contributed by atoms with E-state index in [2.05, 4.69) is 31.0 Å². The van der Waals surface area contributed by atoms with Crippen LogP contribution in [-0.2, 0) is 11.3 Å². The lowest BCUT2D eigenvalue weighted by Gasteiger charge is -2.39. The number of aromatic nitrogens is 1. The third-order valence-corrected chi connectivity index (χ3v) is 4.78. The standard InChI is InChI=1S/C19H25NO2/c1-19(2)10-9-18(15(11-19)12-21)22-13-16-8-7-14-5-3-4-6-17(14)20-16/h3-8,15,18,21H,9-13H2,1-2H3/t15-,18-/m0/s1. The summed E-state index contributed by atoms with van der Waals surface area (Å²) in [6.45, 7) is 5.28. The van der Waals surface area contributed by atoms with Crippen molar-refractivity contribution in [2.75, 3.05) is 6.61 Å². The van der Waals surface area contributed by atoms with E-state index in [9.17, 15) is 5.11 Å². The maximum absolute atomic E-state index is 9.64. The average molecular weight is 299 g/mol. The summed E-state index contributed by atoms with van der Waals surface area (Å²) in [4.78, 5) is 4.65. The Labute approximate surface area is 132 Å². The van der Waals surface area contributed by atoms with E-state index >= 15 is 0 Å². The number of rotatable bonds is 4. The Kier molecular flexibility index (Phi) is 4.46. The molecule has 1 saturated carbocycles. The minimum Gasteiger partial charge on any atom is -0.396 e. The fraction of sp³-hybridized carbons (Fsp3) is 0.526. The van der Waals surface area contributed by atoms with E-state index in [1.54, 1.807) is 0 Å². The molecule has 3 nitrogen and oxygen atoms in total. The van der Waals surface area contributed by atoms with Crippen molar-refractivity contribution in [3.63, 3.8) is 0 Å². The highest BCUT2D eigenvalue weighted by atomic mass is 16.5. The zero-order chi connectivity index (χ0) is 15.6. The van der Waals surface area contributed by atoms with Crippen LogP contribution in [0.25, 0.3) is 10.9 Å². The molecule has 1 aliphatic carbocycles. The number of hydrogen-bond acceptors (Lipinski definition) is 3. The van der Waals surface area contributed by atoms with Crippen LogP contribution in [0.1, 0.15) is 38.8 Å². The number of fused-ring (bicyclic) bond motifs is 1. The first-order valence-electron chi connectivity index (χ1n) is 8.14. The molecule has 3 rings (SSSR count). The second-order valence-corrected chi connectivity index (χ2v) is 7.19. The highest BCUT2D eigenvalue weighted by Gasteiger charge is 2.35. The van der Waals surface area contributed by atoms with Gasteiger partial charge in [0.1, 0.15) is 0 Å². The lowest BCUT2D eigenvalue weighted by molar-refractivity contribution is -0.0631. The Morgan fingerprint density at radius 2 is 2.05 bits per heavy atom. The van der Waals surface area contributed by atoms with Gasteiger partial charge in [-0.3, -0.25) is 4.98 Å².